The molecule has 0 radical (unpaired) electrons. The van der Waals surface area contributed by atoms with Crippen LogP contribution in [0, 0.1) is 6.92 Å². The summed E-state index contributed by atoms with van der Waals surface area (Å²) in [6.45, 7) is -0.404. The second-order valence-corrected chi connectivity index (χ2v) is 7.72. The van der Waals surface area contributed by atoms with E-state index in [1.807, 2.05) is 25.1 Å². The van der Waals surface area contributed by atoms with Gasteiger partial charge < -0.3 is 15.4 Å². The van der Waals surface area contributed by atoms with Gasteiger partial charge in [-0.2, -0.15) is 8.78 Å². The highest BCUT2D eigenvalue weighted by atomic mass is 79.9. The molecule has 0 atom stereocenters. The summed E-state index contributed by atoms with van der Waals surface area (Å²) in [7, 11) is 1.69. The van der Waals surface area contributed by atoms with Gasteiger partial charge >= 0.3 is 6.61 Å². The van der Waals surface area contributed by atoms with Gasteiger partial charge in [0.25, 0.3) is 0 Å². The molecule has 0 aromatic heterocycles. The lowest BCUT2D eigenvalue weighted by molar-refractivity contribution is -0.122. The number of ether oxygens (including phenoxy) is 1. The molecule has 30 heavy (non-hydrogen) atoms. The first-order chi connectivity index (χ1) is 14.2. The Hall–Kier alpha value is -2.52. The molecule has 2 rings (SSSR count). The van der Waals surface area contributed by atoms with E-state index in [0.29, 0.717) is 13.0 Å². The van der Waals surface area contributed by atoms with Crippen LogP contribution in [0.1, 0.15) is 11.1 Å². The maximum Gasteiger partial charge on any atom is 0.387 e. The van der Waals surface area contributed by atoms with Gasteiger partial charge in [0, 0.05) is 16.7 Å². The minimum atomic E-state index is -2.85. The van der Waals surface area contributed by atoms with Crippen LogP contribution in [0.3, 0.4) is 0 Å². The first-order valence-electron chi connectivity index (χ1n) is 9.28. The van der Waals surface area contributed by atoms with Crippen LogP contribution in [0.15, 0.2) is 46.9 Å². The molecule has 0 spiro atoms. The SMILES string of the molecule is Cc1cc(Br)ccc1NC(=O)CN(C)CC(=O)NCCc1ccc(OC(F)F)cc1. The molecule has 162 valence electrons. The molecule has 0 unspecified atom stereocenters. The number of likely N-dealkylation sites (N-methyl/N-ethyl adjacent to an activating group) is 1. The average molecular weight is 484 g/mol. The Morgan fingerprint density at radius 1 is 1.10 bits per heavy atom. The van der Waals surface area contributed by atoms with Crippen molar-refractivity contribution in [1.82, 2.24) is 10.2 Å². The standard InChI is InChI=1S/C21H24BrF2N3O3/c1-14-11-16(22)5-8-18(14)26-20(29)13-27(2)12-19(28)25-10-9-15-3-6-17(7-4-15)30-21(23)24/h3-8,11,21H,9-10,12-13H2,1-2H3,(H,25,28)(H,26,29). The molecule has 0 fully saturated rings. The topological polar surface area (TPSA) is 70.7 Å². The Balaban J connectivity index is 1.69. The van der Waals surface area contributed by atoms with Crippen LogP contribution in [0.5, 0.6) is 5.75 Å². The summed E-state index contributed by atoms with van der Waals surface area (Å²) in [6.07, 6.45) is 0.549. The molecule has 0 aliphatic heterocycles. The summed E-state index contributed by atoms with van der Waals surface area (Å²) in [6, 6.07) is 11.8. The predicted molar refractivity (Wildman–Crippen MR) is 115 cm³/mol. The van der Waals surface area contributed by atoms with Crippen LogP contribution < -0.4 is 15.4 Å². The fraction of sp³-hybridized carbons (Fsp3) is 0.333. The zero-order chi connectivity index (χ0) is 22.1. The number of nitrogens with one attached hydrogen (secondary N) is 2. The van der Waals surface area contributed by atoms with Crippen LogP contribution in [-0.4, -0.2) is 50.0 Å². The Bertz CT molecular complexity index is 863. The van der Waals surface area contributed by atoms with E-state index in [2.05, 4.69) is 31.3 Å². The molecule has 2 N–H and O–H groups in total. The average Bonchev–Trinajstić information content (AvgIpc) is 2.65. The number of hydrogen-bond donors (Lipinski definition) is 2. The fourth-order valence-electron chi connectivity index (χ4n) is 2.74. The van der Waals surface area contributed by atoms with E-state index in [0.717, 1.165) is 21.3 Å². The molecular formula is C21H24BrF2N3O3. The van der Waals surface area contributed by atoms with Crippen molar-refractivity contribution >= 4 is 33.4 Å². The van der Waals surface area contributed by atoms with Crippen molar-refractivity contribution in [2.45, 2.75) is 20.0 Å². The van der Waals surface area contributed by atoms with Crippen LogP contribution >= 0.6 is 15.9 Å². The highest BCUT2D eigenvalue weighted by Crippen LogP contribution is 2.20. The zero-order valence-corrected chi connectivity index (χ0v) is 18.3. The zero-order valence-electron chi connectivity index (χ0n) is 16.8. The number of rotatable bonds is 10. The number of amides is 2. The van der Waals surface area contributed by atoms with E-state index in [9.17, 15) is 18.4 Å². The first-order valence-corrected chi connectivity index (χ1v) is 10.1. The van der Waals surface area contributed by atoms with E-state index >= 15 is 0 Å². The van der Waals surface area contributed by atoms with E-state index in [1.54, 1.807) is 24.1 Å². The molecule has 2 aromatic carbocycles. The third-order valence-electron chi connectivity index (χ3n) is 4.17. The summed E-state index contributed by atoms with van der Waals surface area (Å²) in [4.78, 5) is 25.9. The van der Waals surface area contributed by atoms with E-state index in [-0.39, 0.29) is 30.7 Å². The minimum absolute atomic E-state index is 0.0773. The van der Waals surface area contributed by atoms with Gasteiger partial charge in [-0.1, -0.05) is 28.1 Å². The van der Waals surface area contributed by atoms with Gasteiger partial charge in [-0.15, -0.1) is 0 Å². The third kappa shape index (κ3) is 8.46. The molecule has 0 bridgehead atoms. The van der Waals surface area contributed by atoms with Gasteiger partial charge in [-0.05, 0) is 61.9 Å². The predicted octanol–water partition coefficient (Wildman–Crippen LogP) is 3.59. The van der Waals surface area contributed by atoms with Gasteiger partial charge in [0.2, 0.25) is 11.8 Å². The number of nitrogens with zero attached hydrogens (tertiary/aromatic N) is 1. The second-order valence-electron chi connectivity index (χ2n) is 6.80. The largest absolute Gasteiger partial charge is 0.435 e. The maximum atomic E-state index is 12.2. The van der Waals surface area contributed by atoms with Crippen LogP contribution in [0.25, 0.3) is 0 Å². The fourth-order valence-corrected chi connectivity index (χ4v) is 3.22. The molecular weight excluding hydrogens is 460 g/mol. The number of benzene rings is 2. The first kappa shape index (κ1) is 23.8. The number of carbonyl (C=O) groups excluding carboxylic acids is 2. The maximum absolute atomic E-state index is 12.2. The minimum Gasteiger partial charge on any atom is -0.435 e. The molecule has 9 heteroatoms. The van der Waals surface area contributed by atoms with Crippen molar-refractivity contribution in [2.24, 2.45) is 0 Å². The van der Waals surface area contributed by atoms with Crippen molar-refractivity contribution in [2.75, 3.05) is 32.0 Å². The summed E-state index contributed by atoms with van der Waals surface area (Å²) < 4.78 is 29.5. The molecule has 0 aliphatic carbocycles. The van der Waals surface area contributed by atoms with E-state index in [4.69, 9.17) is 0 Å². The Labute approximate surface area is 182 Å². The van der Waals surface area contributed by atoms with Crippen LogP contribution in [-0.2, 0) is 16.0 Å². The van der Waals surface area contributed by atoms with Gasteiger partial charge in [0.1, 0.15) is 5.75 Å². The number of carbonyl (C=O) groups is 2. The molecule has 0 aliphatic rings. The van der Waals surface area contributed by atoms with Crippen molar-refractivity contribution in [1.29, 1.82) is 0 Å². The van der Waals surface area contributed by atoms with Gasteiger partial charge in [-0.3, -0.25) is 14.5 Å². The smallest absolute Gasteiger partial charge is 0.387 e. The number of anilines is 1. The van der Waals surface area contributed by atoms with E-state index < -0.39 is 6.61 Å². The molecule has 0 saturated heterocycles. The summed E-state index contributed by atoms with van der Waals surface area (Å²) in [5.41, 5.74) is 2.55. The Kier molecular flexibility index (Phi) is 9.19. The number of halogens is 3. The number of aryl methyl sites for hydroxylation is 1. The number of hydrogen-bond acceptors (Lipinski definition) is 4. The molecule has 0 saturated carbocycles. The van der Waals surface area contributed by atoms with Crippen molar-refractivity contribution in [3.8, 4) is 5.75 Å². The van der Waals surface area contributed by atoms with Gasteiger partial charge in [-0.25, -0.2) is 0 Å². The normalized spacial score (nSPS) is 10.9. The van der Waals surface area contributed by atoms with Crippen molar-refractivity contribution < 1.29 is 23.1 Å². The summed E-state index contributed by atoms with van der Waals surface area (Å²) >= 11 is 3.38. The lowest BCUT2D eigenvalue weighted by atomic mass is 10.1. The highest BCUT2D eigenvalue weighted by molar-refractivity contribution is 9.10. The Morgan fingerprint density at radius 2 is 1.77 bits per heavy atom. The molecule has 2 amide bonds. The van der Waals surface area contributed by atoms with Gasteiger partial charge in [0.05, 0.1) is 13.1 Å². The van der Waals surface area contributed by atoms with Crippen LogP contribution in [0.2, 0.25) is 0 Å². The quantitative estimate of drug-likeness (QED) is 0.541. The highest BCUT2D eigenvalue weighted by Gasteiger charge is 2.12. The lowest BCUT2D eigenvalue weighted by Crippen LogP contribution is -2.39. The number of alkyl halides is 2. The van der Waals surface area contributed by atoms with Crippen molar-refractivity contribution in [3.05, 3.63) is 58.1 Å². The van der Waals surface area contributed by atoms with Crippen LogP contribution in [0.4, 0.5) is 14.5 Å². The van der Waals surface area contributed by atoms with E-state index in [1.165, 1.54) is 12.1 Å². The summed E-state index contributed by atoms with van der Waals surface area (Å²) in [5, 5.41) is 5.61. The monoisotopic (exact) mass is 483 g/mol. The Morgan fingerprint density at radius 3 is 2.40 bits per heavy atom. The van der Waals surface area contributed by atoms with Crippen molar-refractivity contribution in [3.63, 3.8) is 0 Å². The summed E-state index contributed by atoms with van der Waals surface area (Å²) in [5.74, 6) is -0.319. The molecule has 6 nitrogen and oxygen atoms in total. The second kappa shape index (κ2) is 11.6. The molecule has 2 aromatic rings. The third-order valence-corrected chi connectivity index (χ3v) is 4.67. The lowest BCUT2D eigenvalue weighted by Gasteiger charge is -2.16. The van der Waals surface area contributed by atoms with Gasteiger partial charge in [0.15, 0.2) is 0 Å². The molecule has 0 heterocycles.